The SMILES string of the molecule is CCOc1cccc(C=O)c1-c1cccs1. The average molecular weight is 232 g/mol. The van der Waals surface area contributed by atoms with E-state index < -0.39 is 0 Å². The fourth-order valence-corrected chi connectivity index (χ4v) is 2.40. The van der Waals surface area contributed by atoms with Gasteiger partial charge in [0.1, 0.15) is 5.75 Å². The van der Waals surface area contributed by atoms with Crippen molar-refractivity contribution in [2.24, 2.45) is 0 Å². The second kappa shape index (κ2) is 4.94. The molecule has 0 fully saturated rings. The van der Waals surface area contributed by atoms with Gasteiger partial charge in [-0.05, 0) is 24.4 Å². The van der Waals surface area contributed by atoms with Gasteiger partial charge in [-0.15, -0.1) is 11.3 Å². The lowest BCUT2D eigenvalue weighted by Crippen LogP contribution is -1.96. The summed E-state index contributed by atoms with van der Waals surface area (Å²) in [5, 5.41) is 1.99. The molecule has 82 valence electrons. The quantitative estimate of drug-likeness (QED) is 0.752. The fourth-order valence-electron chi connectivity index (χ4n) is 1.61. The van der Waals surface area contributed by atoms with Crippen LogP contribution in [0.25, 0.3) is 10.4 Å². The van der Waals surface area contributed by atoms with E-state index in [-0.39, 0.29) is 0 Å². The first-order valence-corrected chi connectivity index (χ1v) is 5.99. The molecular weight excluding hydrogens is 220 g/mol. The molecule has 0 spiro atoms. The standard InChI is InChI=1S/C13H12O2S/c1-2-15-11-6-3-5-10(9-14)13(11)12-7-4-8-16-12/h3-9H,2H2,1H3. The van der Waals surface area contributed by atoms with Gasteiger partial charge < -0.3 is 4.74 Å². The zero-order valence-corrected chi connectivity index (χ0v) is 9.79. The number of hydrogen-bond acceptors (Lipinski definition) is 3. The summed E-state index contributed by atoms with van der Waals surface area (Å²) < 4.78 is 5.55. The van der Waals surface area contributed by atoms with Gasteiger partial charge >= 0.3 is 0 Å². The summed E-state index contributed by atoms with van der Waals surface area (Å²) in [5.41, 5.74) is 1.57. The van der Waals surface area contributed by atoms with Gasteiger partial charge in [-0.1, -0.05) is 18.2 Å². The van der Waals surface area contributed by atoms with E-state index in [0.717, 1.165) is 22.5 Å². The van der Waals surface area contributed by atoms with E-state index in [1.807, 2.05) is 42.6 Å². The molecule has 2 aromatic rings. The highest BCUT2D eigenvalue weighted by atomic mass is 32.1. The Morgan fingerprint density at radius 2 is 2.19 bits per heavy atom. The van der Waals surface area contributed by atoms with Crippen LogP contribution >= 0.6 is 11.3 Å². The Balaban J connectivity index is 2.58. The minimum Gasteiger partial charge on any atom is -0.493 e. The highest BCUT2D eigenvalue weighted by Crippen LogP contribution is 2.35. The normalized spacial score (nSPS) is 10.1. The Bertz CT molecular complexity index is 475. The third kappa shape index (κ3) is 1.99. The van der Waals surface area contributed by atoms with Gasteiger partial charge in [-0.25, -0.2) is 0 Å². The minimum absolute atomic E-state index is 0.598. The first-order chi connectivity index (χ1) is 7.86. The molecule has 1 heterocycles. The summed E-state index contributed by atoms with van der Waals surface area (Å²) in [6.45, 7) is 2.53. The van der Waals surface area contributed by atoms with Gasteiger partial charge in [0, 0.05) is 16.0 Å². The predicted molar refractivity (Wildman–Crippen MR) is 66.3 cm³/mol. The highest BCUT2D eigenvalue weighted by molar-refractivity contribution is 7.13. The van der Waals surface area contributed by atoms with Crippen molar-refractivity contribution < 1.29 is 9.53 Å². The number of carbonyl (C=O) groups excluding carboxylic acids is 1. The average Bonchev–Trinajstić information content (AvgIpc) is 2.82. The van der Waals surface area contributed by atoms with Crippen LogP contribution in [0.4, 0.5) is 0 Å². The number of ether oxygens (including phenoxy) is 1. The van der Waals surface area contributed by atoms with Crippen LogP contribution in [0.2, 0.25) is 0 Å². The summed E-state index contributed by atoms with van der Waals surface area (Å²) in [6.07, 6.45) is 0.873. The maximum atomic E-state index is 11.0. The second-order valence-electron chi connectivity index (χ2n) is 3.25. The maximum Gasteiger partial charge on any atom is 0.150 e. The monoisotopic (exact) mass is 232 g/mol. The molecule has 0 saturated carbocycles. The van der Waals surface area contributed by atoms with Gasteiger partial charge in [0.15, 0.2) is 6.29 Å². The molecule has 2 nitrogen and oxygen atoms in total. The molecule has 0 aliphatic rings. The van der Waals surface area contributed by atoms with Gasteiger partial charge in [-0.3, -0.25) is 4.79 Å². The van der Waals surface area contributed by atoms with Crippen molar-refractivity contribution in [2.75, 3.05) is 6.61 Å². The van der Waals surface area contributed by atoms with Crippen LogP contribution in [0.3, 0.4) is 0 Å². The molecule has 0 radical (unpaired) electrons. The van der Waals surface area contributed by atoms with Crippen LogP contribution in [0.5, 0.6) is 5.75 Å². The molecule has 1 aromatic carbocycles. The predicted octanol–water partition coefficient (Wildman–Crippen LogP) is 3.63. The van der Waals surface area contributed by atoms with Crippen LogP contribution in [-0.2, 0) is 0 Å². The largest absolute Gasteiger partial charge is 0.493 e. The maximum absolute atomic E-state index is 11.0. The van der Waals surface area contributed by atoms with Crippen molar-refractivity contribution in [1.82, 2.24) is 0 Å². The summed E-state index contributed by atoms with van der Waals surface area (Å²) in [7, 11) is 0. The van der Waals surface area contributed by atoms with Crippen LogP contribution in [0, 0.1) is 0 Å². The van der Waals surface area contributed by atoms with E-state index >= 15 is 0 Å². The number of rotatable bonds is 4. The highest BCUT2D eigenvalue weighted by Gasteiger charge is 2.11. The Labute approximate surface area is 98.5 Å². The van der Waals surface area contributed by atoms with Crippen molar-refractivity contribution in [1.29, 1.82) is 0 Å². The number of hydrogen-bond donors (Lipinski definition) is 0. The number of carbonyl (C=O) groups is 1. The number of aldehydes is 1. The van der Waals surface area contributed by atoms with Gasteiger partial charge in [0.05, 0.1) is 6.61 Å². The molecule has 1 aromatic heterocycles. The zero-order chi connectivity index (χ0) is 11.4. The lowest BCUT2D eigenvalue weighted by atomic mass is 10.1. The number of thiophene rings is 1. The third-order valence-electron chi connectivity index (χ3n) is 2.25. The van der Waals surface area contributed by atoms with Crippen LogP contribution in [-0.4, -0.2) is 12.9 Å². The third-order valence-corrected chi connectivity index (χ3v) is 3.14. The minimum atomic E-state index is 0.598. The molecule has 3 heteroatoms. The molecule has 0 amide bonds. The summed E-state index contributed by atoms with van der Waals surface area (Å²) in [5.74, 6) is 0.773. The first-order valence-electron chi connectivity index (χ1n) is 5.11. The molecule has 0 aliphatic heterocycles. The van der Waals surface area contributed by atoms with Crippen LogP contribution in [0.1, 0.15) is 17.3 Å². The summed E-state index contributed by atoms with van der Waals surface area (Å²) >= 11 is 1.61. The van der Waals surface area contributed by atoms with E-state index in [4.69, 9.17) is 4.74 Å². The molecule has 0 unspecified atom stereocenters. The van der Waals surface area contributed by atoms with E-state index in [2.05, 4.69) is 0 Å². The Kier molecular flexibility index (Phi) is 3.37. The Morgan fingerprint density at radius 1 is 1.31 bits per heavy atom. The lowest BCUT2D eigenvalue weighted by molar-refractivity contribution is 0.112. The molecule has 0 N–H and O–H groups in total. The summed E-state index contributed by atoms with van der Waals surface area (Å²) in [6, 6.07) is 9.51. The van der Waals surface area contributed by atoms with Crippen molar-refractivity contribution in [3.05, 3.63) is 41.3 Å². The molecule has 2 rings (SSSR count). The topological polar surface area (TPSA) is 26.3 Å². The lowest BCUT2D eigenvalue weighted by Gasteiger charge is -2.10. The van der Waals surface area contributed by atoms with E-state index in [1.54, 1.807) is 11.3 Å². The first kappa shape index (κ1) is 10.9. The smallest absolute Gasteiger partial charge is 0.150 e. The van der Waals surface area contributed by atoms with E-state index in [1.165, 1.54) is 0 Å². The van der Waals surface area contributed by atoms with E-state index in [9.17, 15) is 4.79 Å². The zero-order valence-electron chi connectivity index (χ0n) is 8.97. The van der Waals surface area contributed by atoms with Crippen molar-refractivity contribution in [3.63, 3.8) is 0 Å². The van der Waals surface area contributed by atoms with Gasteiger partial charge in [0.2, 0.25) is 0 Å². The molecule has 0 atom stereocenters. The molecule has 0 saturated heterocycles. The van der Waals surface area contributed by atoms with Crippen molar-refractivity contribution in [2.45, 2.75) is 6.92 Å². The Morgan fingerprint density at radius 3 is 2.81 bits per heavy atom. The van der Waals surface area contributed by atoms with Crippen molar-refractivity contribution >= 4 is 17.6 Å². The van der Waals surface area contributed by atoms with E-state index in [0.29, 0.717) is 12.2 Å². The number of benzene rings is 1. The molecule has 0 bridgehead atoms. The van der Waals surface area contributed by atoms with Crippen LogP contribution < -0.4 is 4.74 Å². The Hall–Kier alpha value is -1.61. The molecular formula is C13H12O2S. The summed E-state index contributed by atoms with van der Waals surface area (Å²) in [4.78, 5) is 12.1. The molecule has 16 heavy (non-hydrogen) atoms. The van der Waals surface area contributed by atoms with Gasteiger partial charge in [0.25, 0.3) is 0 Å². The van der Waals surface area contributed by atoms with Crippen LogP contribution in [0.15, 0.2) is 35.7 Å². The second-order valence-corrected chi connectivity index (χ2v) is 4.20. The van der Waals surface area contributed by atoms with Gasteiger partial charge in [-0.2, -0.15) is 0 Å². The molecule has 0 aliphatic carbocycles. The van der Waals surface area contributed by atoms with Crippen molar-refractivity contribution in [3.8, 4) is 16.2 Å². The fraction of sp³-hybridized carbons (Fsp3) is 0.154.